The minimum absolute atomic E-state index is 0.363. The maximum absolute atomic E-state index is 5.12. The molecule has 0 radical (unpaired) electrons. The minimum atomic E-state index is 0.363. The Morgan fingerprint density at radius 2 is 2.19 bits per heavy atom. The molecule has 8 nitrogen and oxygen atoms in total. The SMILES string of the molecule is CCCc1cnc(N[C@H]2CCCNC2)nc1-c1c[nH]c2cc(-c3noc(C)n3)ccc12. The average Bonchev–Trinajstić information content (AvgIpc) is 3.41. The van der Waals surface area contributed by atoms with Gasteiger partial charge in [0.05, 0.1) is 5.69 Å². The summed E-state index contributed by atoms with van der Waals surface area (Å²) in [7, 11) is 0. The molecule has 1 aliphatic rings. The fraction of sp³-hybridized carbons (Fsp3) is 0.391. The normalized spacial score (nSPS) is 16.6. The van der Waals surface area contributed by atoms with Crippen LogP contribution in [-0.4, -0.2) is 44.2 Å². The molecule has 5 rings (SSSR count). The van der Waals surface area contributed by atoms with Crippen LogP contribution in [0, 0.1) is 6.92 Å². The molecule has 1 atom stereocenters. The van der Waals surface area contributed by atoms with Gasteiger partial charge in [0.15, 0.2) is 0 Å². The molecule has 0 bridgehead atoms. The Labute approximate surface area is 180 Å². The van der Waals surface area contributed by atoms with Gasteiger partial charge in [-0.2, -0.15) is 4.98 Å². The lowest BCUT2D eigenvalue weighted by molar-refractivity contribution is 0.394. The molecule has 4 aromatic rings. The molecule has 0 aliphatic carbocycles. The first-order valence-electron chi connectivity index (χ1n) is 11.0. The van der Waals surface area contributed by atoms with Gasteiger partial charge >= 0.3 is 0 Å². The van der Waals surface area contributed by atoms with E-state index in [0.29, 0.717) is 23.7 Å². The topological polar surface area (TPSA) is 105 Å². The third-order valence-electron chi connectivity index (χ3n) is 5.74. The summed E-state index contributed by atoms with van der Waals surface area (Å²) in [5.41, 5.74) is 5.16. The summed E-state index contributed by atoms with van der Waals surface area (Å²) in [4.78, 5) is 17.3. The highest BCUT2D eigenvalue weighted by molar-refractivity contribution is 5.97. The quantitative estimate of drug-likeness (QED) is 0.434. The van der Waals surface area contributed by atoms with Crippen LogP contribution in [0.15, 0.2) is 35.1 Å². The number of aromatic nitrogens is 5. The van der Waals surface area contributed by atoms with E-state index in [1.54, 1.807) is 6.92 Å². The highest BCUT2D eigenvalue weighted by Gasteiger charge is 2.18. The van der Waals surface area contributed by atoms with E-state index >= 15 is 0 Å². The second-order valence-corrected chi connectivity index (χ2v) is 8.10. The van der Waals surface area contributed by atoms with Crippen LogP contribution in [0.5, 0.6) is 0 Å². The number of hydrogen-bond acceptors (Lipinski definition) is 7. The van der Waals surface area contributed by atoms with Crippen LogP contribution in [0.1, 0.15) is 37.6 Å². The molecule has 3 aromatic heterocycles. The molecule has 0 amide bonds. The smallest absolute Gasteiger partial charge is 0.223 e. The van der Waals surface area contributed by atoms with Crippen molar-refractivity contribution in [2.45, 2.75) is 45.6 Å². The van der Waals surface area contributed by atoms with E-state index in [1.807, 2.05) is 18.5 Å². The maximum Gasteiger partial charge on any atom is 0.223 e. The van der Waals surface area contributed by atoms with Gasteiger partial charge in [0.2, 0.25) is 17.7 Å². The first kappa shape index (κ1) is 19.7. The van der Waals surface area contributed by atoms with Crippen LogP contribution in [0.3, 0.4) is 0 Å². The zero-order chi connectivity index (χ0) is 21.2. The van der Waals surface area contributed by atoms with E-state index in [4.69, 9.17) is 9.51 Å². The second kappa shape index (κ2) is 8.47. The number of benzene rings is 1. The van der Waals surface area contributed by atoms with Gasteiger partial charge < -0.3 is 20.1 Å². The van der Waals surface area contributed by atoms with Crippen molar-refractivity contribution in [3.8, 4) is 22.6 Å². The minimum Gasteiger partial charge on any atom is -0.360 e. The molecule has 160 valence electrons. The molecule has 0 unspecified atom stereocenters. The van der Waals surface area contributed by atoms with Crippen molar-refractivity contribution in [2.75, 3.05) is 18.4 Å². The standard InChI is InChI=1S/C23H27N7O/c1-3-5-16-11-26-23(28-17-6-4-9-24-12-17)29-21(16)19-13-25-20-10-15(7-8-18(19)20)22-27-14(2)31-30-22/h7-8,10-11,13,17,24-25H,3-6,9,12H2,1-2H3,(H,26,28,29)/t17-/m0/s1. The lowest BCUT2D eigenvalue weighted by atomic mass is 10.0. The number of nitrogens with one attached hydrogen (secondary N) is 3. The first-order chi connectivity index (χ1) is 15.2. The molecular formula is C23H27N7O. The Balaban J connectivity index is 1.52. The number of fused-ring (bicyclic) bond motifs is 1. The van der Waals surface area contributed by atoms with Gasteiger partial charge in [-0.25, -0.2) is 9.97 Å². The summed E-state index contributed by atoms with van der Waals surface area (Å²) in [6.07, 6.45) is 8.28. The lowest BCUT2D eigenvalue weighted by Gasteiger charge is -2.24. The molecule has 1 saturated heterocycles. The fourth-order valence-corrected chi connectivity index (χ4v) is 4.20. The average molecular weight is 418 g/mol. The molecule has 1 fully saturated rings. The third-order valence-corrected chi connectivity index (χ3v) is 5.74. The van der Waals surface area contributed by atoms with E-state index in [-0.39, 0.29) is 0 Å². The van der Waals surface area contributed by atoms with E-state index in [9.17, 15) is 0 Å². The van der Waals surface area contributed by atoms with Crippen LogP contribution in [-0.2, 0) is 6.42 Å². The van der Waals surface area contributed by atoms with Gasteiger partial charge in [-0.05, 0) is 37.4 Å². The zero-order valence-corrected chi connectivity index (χ0v) is 17.9. The molecule has 0 spiro atoms. The number of aryl methyl sites for hydroxylation is 2. The van der Waals surface area contributed by atoms with E-state index < -0.39 is 0 Å². The Morgan fingerprint density at radius 1 is 1.26 bits per heavy atom. The summed E-state index contributed by atoms with van der Waals surface area (Å²) in [6, 6.07) is 6.54. The molecule has 1 aromatic carbocycles. The van der Waals surface area contributed by atoms with E-state index in [1.165, 1.54) is 6.42 Å². The third kappa shape index (κ3) is 4.03. The summed E-state index contributed by atoms with van der Waals surface area (Å²) in [6.45, 7) is 6.00. The van der Waals surface area contributed by atoms with Crippen molar-refractivity contribution in [3.63, 3.8) is 0 Å². The zero-order valence-electron chi connectivity index (χ0n) is 17.9. The summed E-state index contributed by atoms with van der Waals surface area (Å²) in [5, 5.41) is 12.1. The van der Waals surface area contributed by atoms with Gasteiger partial charge in [0.25, 0.3) is 0 Å². The summed E-state index contributed by atoms with van der Waals surface area (Å²) < 4.78 is 5.12. The molecule has 1 aliphatic heterocycles. The predicted octanol–water partition coefficient (Wildman–Crippen LogP) is 4.10. The van der Waals surface area contributed by atoms with Crippen LogP contribution in [0.25, 0.3) is 33.5 Å². The maximum atomic E-state index is 5.12. The number of anilines is 1. The number of H-pyrrole nitrogens is 1. The summed E-state index contributed by atoms with van der Waals surface area (Å²) >= 11 is 0. The van der Waals surface area contributed by atoms with Crippen LogP contribution in [0.4, 0.5) is 5.95 Å². The molecule has 0 saturated carbocycles. The van der Waals surface area contributed by atoms with Crippen molar-refractivity contribution < 1.29 is 4.52 Å². The fourth-order valence-electron chi connectivity index (χ4n) is 4.20. The van der Waals surface area contributed by atoms with Crippen molar-refractivity contribution >= 4 is 16.9 Å². The van der Waals surface area contributed by atoms with Gasteiger partial charge in [0, 0.05) is 53.9 Å². The summed E-state index contributed by atoms with van der Waals surface area (Å²) in [5.74, 6) is 1.84. The number of rotatable bonds is 6. The van der Waals surface area contributed by atoms with Crippen molar-refractivity contribution in [1.82, 2.24) is 30.4 Å². The Morgan fingerprint density at radius 3 is 2.97 bits per heavy atom. The van der Waals surface area contributed by atoms with Gasteiger partial charge in [-0.15, -0.1) is 0 Å². The van der Waals surface area contributed by atoms with Gasteiger partial charge in [0.1, 0.15) is 0 Å². The van der Waals surface area contributed by atoms with Crippen molar-refractivity contribution in [2.24, 2.45) is 0 Å². The van der Waals surface area contributed by atoms with E-state index in [2.05, 4.69) is 49.8 Å². The molecule has 4 heterocycles. The Kier molecular flexibility index (Phi) is 5.38. The molecular weight excluding hydrogens is 390 g/mol. The van der Waals surface area contributed by atoms with Crippen LogP contribution >= 0.6 is 0 Å². The van der Waals surface area contributed by atoms with E-state index in [0.717, 1.165) is 65.6 Å². The number of aromatic amines is 1. The number of nitrogens with zero attached hydrogens (tertiary/aromatic N) is 4. The Bertz CT molecular complexity index is 1190. The molecule has 31 heavy (non-hydrogen) atoms. The van der Waals surface area contributed by atoms with Crippen LogP contribution in [0.2, 0.25) is 0 Å². The lowest BCUT2D eigenvalue weighted by Crippen LogP contribution is -2.38. The van der Waals surface area contributed by atoms with Crippen molar-refractivity contribution in [3.05, 3.63) is 42.0 Å². The molecule has 3 N–H and O–H groups in total. The predicted molar refractivity (Wildman–Crippen MR) is 121 cm³/mol. The first-order valence-corrected chi connectivity index (χ1v) is 11.0. The van der Waals surface area contributed by atoms with Crippen LogP contribution < -0.4 is 10.6 Å². The second-order valence-electron chi connectivity index (χ2n) is 8.10. The number of hydrogen-bond donors (Lipinski definition) is 3. The highest BCUT2D eigenvalue weighted by atomic mass is 16.5. The highest BCUT2D eigenvalue weighted by Crippen LogP contribution is 2.33. The largest absolute Gasteiger partial charge is 0.360 e. The number of piperidine rings is 1. The van der Waals surface area contributed by atoms with Gasteiger partial charge in [-0.1, -0.05) is 30.6 Å². The van der Waals surface area contributed by atoms with Crippen molar-refractivity contribution in [1.29, 1.82) is 0 Å². The van der Waals surface area contributed by atoms with Gasteiger partial charge in [-0.3, -0.25) is 0 Å². The monoisotopic (exact) mass is 417 g/mol. The Hall–Kier alpha value is -3.26. The molecule has 8 heteroatoms.